The molecule has 0 saturated heterocycles. The molecule has 0 aromatic heterocycles. The lowest BCUT2D eigenvalue weighted by Gasteiger charge is -2.14. The summed E-state index contributed by atoms with van der Waals surface area (Å²) in [4.78, 5) is 24.5. The van der Waals surface area contributed by atoms with Crippen molar-refractivity contribution in [2.45, 2.75) is 24.5 Å². The SMILES string of the molecule is CC(OC(=O)c1cccc(S(=O)(=O)NCc2ccccc2)c1)C(=O)Nc1ccc(F)cc1F. The quantitative estimate of drug-likeness (QED) is 0.486. The average molecular weight is 474 g/mol. The molecule has 1 atom stereocenters. The lowest BCUT2D eigenvalue weighted by atomic mass is 10.2. The second kappa shape index (κ2) is 10.3. The summed E-state index contributed by atoms with van der Waals surface area (Å²) in [5, 5.41) is 2.20. The number of hydrogen-bond donors (Lipinski definition) is 2. The molecule has 1 unspecified atom stereocenters. The van der Waals surface area contributed by atoms with Gasteiger partial charge in [-0.15, -0.1) is 0 Å². The van der Waals surface area contributed by atoms with Crippen molar-refractivity contribution in [1.82, 2.24) is 4.72 Å². The average Bonchev–Trinajstić information content (AvgIpc) is 2.80. The van der Waals surface area contributed by atoms with Crippen LogP contribution in [-0.2, 0) is 26.1 Å². The normalized spacial score (nSPS) is 12.1. The summed E-state index contributed by atoms with van der Waals surface area (Å²) in [7, 11) is -3.92. The number of amides is 1. The molecule has 2 N–H and O–H groups in total. The van der Waals surface area contributed by atoms with E-state index < -0.39 is 39.6 Å². The number of rotatable bonds is 8. The van der Waals surface area contributed by atoms with Crippen LogP contribution in [0.3, 0.4) is 0 Å². The van der Waals surface area contributed by atoms with Gasteiger partial charge in [0.05, 0.1) is 16.1 Å². The lowest BCUT2D eigenvalue weighted by Crippen LogP contribution is -2.30. The number of halogens is 2. The highest BCUT2D eigenvalue weighted by atomic mass is 32.2. The molecule has 0 saturated carbocycles. The number of hydrogen-bond acceptors (Lipinski definition) is 5. The Morgan fingerprint density at radius 1 is 0.970 bits per heavy atom. The Hall–Kier alpha value is -3.63. The van der Waals surface area contributed by atoms with Gasteiger partial charge < -0.3 is 10.1 Å². The Balaban J connectivity index is 1.65. The third-order valence-corrected chi connectivity index (χ3v) is 5.93. The van der Waals surface area contributed by atoms with Gasteiger partial charge in [0.25, 0.3) is 5.91 Å². The van der Waals surface area contributed by atoms with Gasteiger partial charge in [-0.3, -0.25) is 4.79 Å². The van der Waals surface area contributed by atoms with E-state index in [-0.39, 0.29) is 22.7 Å². The fourth-order valence-corrected chi connectivity index (χ4v) is 3.82. The summed E-state index contributed by atoms with van der Waals surface area (Å²) >= 11 is 0. The minimum atomic E-state index is -3.92. The summed E-state index contributed by atoms with van der Waals surface area (Å²) in [5.74, 6) is -3.58. The minimum Gasteiger partial charge on any atom is -0.449 e. The molecule has 0 heterocycles. The molecule has 3 aromatic carbocycles. The minimum absolute atomic E-state index is 0.0645. The Labute approximate surface area is 189 Å². The summed E-state index contributed by atoms with van der Waals surface area (Å²) in [6.07, 6.45) is -1.33. The monoisotopic (exact) mass is 474 g/mol. The van der Waals surface area contributed by atoms with Crippen LogP contribution in [0.25, 0.3) is 0 Å². The van der Waals surface area contributed by atoms with Crippen molar-refractivity contribution in [3.63, 3.8) is 0 Å². The zero-order valence-electron chi connectivity index (χ0n) is 17.4. The van der Waals surface area contributed by atoms with Crippen molar-refractivity contribution < 1.29 is 31.5 Å². The van der Waals surface area contributed by atoms with E-state index in [4.69, 9.17) is 4.74 Å². The molecule has 3 rings (SSSR count). The Morgan fingerprint density at radius 2 is 1.70 bits per heavy atom. The third-order valence-electron chi connectivity index (χ3n) is 4.53. The van der Waals surface area contributed by atoms with Crippen LogP contribution in [0.15, 0.2) is 77.7 Å². The van der Waals surface area contributed by atoms with Crippen molar-refractivity contribution in [3.8, 4) is 0 Å². The number of nitrogens with one attached hydrogen (secondary N) is 2. The number of carbonyl (C=O) groups excluding carboxylic acids is 2. The fraction of sp³-hybridized carbons (Fsp3) is 0.130. The highest BCUT2D eigenvalue weighted by molar-refractivity contribution is 7.89. The van der Waals surface area contributed by atoms with Gasteiger partial charge in [0.2, 0.25) is 10.0 Å². The number of ether oxygens (including phenoxy) is 1. The summed E-state index contributed by atoms with van der Waals surface area (Å²) in [6, 6.07) is 16.6. The van der Waals surface area contributed by atoms with Crippen LogP contribution in [0.4, 0.5) is 14.5 Å². The molecule has 0 aliphatic carbocycles. The molecule has 172 valence electrons. The van der Waals surface area contributed by atoms with Gasteiger partial charge in [-0.1, -0.05) is 36.4 Å². The Bertz CT molecular complexity index is 1270. The van der Waals surface area contributed by atoms with Gasteiger partial charge in [0.15, 0.2) is 6.10 Å². The second-order valence-electron chi connectivity index (χ2n) is 7.00. The maximum absolute atomic E-state index is 13.7. The van der Waals surface area contributed by atoms with Gasteiger partial charge in [0.1, 0.15) is 11.6 Å². The molecule has 0 bridgehead atoms. The van der Waals surface area contributed by atoms with E-state index in [0.717, 1.165) is 23.8 Å². The maximum atomic E-state index is 13.7. The van der Waals surface area contributed by atoms with Crippen LogP contribution in [0.2, 0.25) is 0 Å². The topological polar surface area (TPSA) is 102 Å². The predicted molar refractivity (Wildman–Crippen MR) is 117 cm³/mol. The van der Waals surface area contributed by atoms with E-state index in [9.17, 15) is 26.8 Å². The Kier molecular flexibility index (Phi) is 7.52. The largest absolute Gasteiger partial charge is 0.449 e. The van der Waals surface area contributed by atoms with Crippen LogP contribution in [0.5, 0.6) is 0 Å². The van der Waals surface area contributed by atoms with E-state index in [1.165, 1.54) is 25.1 Å². The van der Waals surface area contributed by atoms with Crippen molar-refractivity contribution in [3.05, 3.63) is 95.6 Å². The van der Waals surface area contributed by atoms with E-state index in [2.05, 4.69) is 10.0 Å². The summed E-state index contributed by atoms with van der Waals surface area (Å²) < 4.78 is 59.4. The first-order chi connectivity index (χ1) is 15.7. The van der Waals surface area contributed by atoms with E-state index in [1.807, 2.05) is 6.07 Å². The van der Waals surface area contributed by atoms with Crippen molar-refractivity contribution in [2.24, 2.45) is 0 Å². The van der Waals surface area contributed by atoms with Crippen LogP contribution >= 0.6 is 0 Å². The molecule has 0 aliphatic heterocycles. The standard InChI is InChI=1S/C23H20F2N2O5S/c1-15(22(28)27-21-11-10-18(24)13-20(21)25)32-23(29)17-8-5-9-19(12-17)33(30,31)26-14-16-6-3-2-4-7-16/h2-13,15,26H,14H2,1H3,(H,27,28). The lowest BCUT2D eigenvalue weighted by molar-refractivity contribution is -0.123. The number of esters is 1. The van der Waals surface area contributed by atoms with Crippen LogP contribution in [0, 0.1) is 11.6 Å². The van der Waals surface area contributed by atoms with E-state index in [1.54, 1.807) is 24.3 Å². The van der Waals surface area contributed by atoms with Gasteiger partial charge in [0, 0.05) is 12.6 Å². The van der Waals surface area contributed by atoms with Crippen molar-refractivity contribution in [1.29, 1.82) is 0 Å². The number of carbonyl (C=O) groups is 2. The van der Waals surface area contributed by atoms with Gasteiger partial charge in [-0.05, 0) is 42.8 Å². The molecular weight excluding hydrogens is 454 g/mol. The van der Waals surface area contributed by atoms with Crippen LogP contribution in [0.1, 0.15) is 22.8 Å². The molecule has 10 heteroatoms. The number of benzene rings is 3. The highest BCUT2D eigenvalue weighted by Gasteiger charge is 2.22. The van der Waals surface area contributed by atoms with Crippen LogP contribution in [-0.4, -0.2) is 26.4 Å². The fourth-order valence-electron chi connectivity index (χ4n) is 2.76. The predicted octanol–water partition coefficient (Wildman–Crippen LogP) is 3.63. The van der Waals surface area contributed by atoms with Gasteiger partial charge in [-0.25, -0.2) is 26.7 Å². The zero-order valence-corrected chi connectivity index (χ0v) is 18.2. The molecule has 0 radical (unpaired) electrons. The molecular formula is C23H20F2N2O5S. The maximum Gasteiger partial charge on any atom is 0.338 e. The van der Waals surface area contributed by atoms with Crippen LogP contribution < -0.4 is 10.0 Å². The number of anilines is 1. The van der Waals surface area contributed by atoms with Gasteiger partial charge in [-0.2, -0.15) is 0 Å². The second-order valence-corrected chi connectivity index (χ2v) is 8.77. The highest BCUT2D eigenvalue weighted by Crippen LogP contribution is 2.17. The molecule has 0 fully saturated rings. The first-order valence-electron chi connectivity index (χ1n) is 9.76. The smallest absolute Gasteiger partial charge is 0.338 e. The molecule has 7 nitrogen and oxygen atoms in total. The molecule has 33 heavy (non-hydrogen) atoms. The molecule has 3 aromatic rings. The summed E-state index contributed by atoms with van der Waals surface area (Å²) in [6.45, 7) is 1.33. The third kappa shape index (κ3) is 6.43. The first kappa shape index (κ1) is 24.0. The van der Waals surface area contributed by atoms with Crippen molar-refractivity contribution >= 4 is 27.6 Å². The zero-order chi connectivity index (χ0) is 24.0. The molecule has 0 aliphatic rings. The molecule has 0 spiro atoms. The first-order valence-corrected chi connectivity index (χ1v) is 11.2. The van der Waals surface area contributed by atoms with E-state index in [0.29, 0.717) is 6.07 Å². The van der Waals surface area contributed by atoms with E-state index >= 15 is 0 Å². The summed E-state index contributed by atoms with van der Waals surface area (Å²) in [5.41, 5.74) is 0.390. The van der Waals surface area contributed by atoms with Crippen molar-refractivity contribution in [2.75, 3.05) is 5.32 Å². The number of sulfonamides is 1. The van der Waals surface area contributed by atoms with Gasteiger partial charge >= 0.3 is 5.97 Å². The Morgan fingerprint density at radius 3 is 2.39 bits per heavy atom. The molecule has 1 amide bonds.